The Bertz CT molecular complexity index is 486. The molecule has 0 saturated carbocycles. The molecule has 0 unspecified atom stereocenters. The van der Waals surface area contributed by atoms with E-state index in [9.17, 15) is 0 Å². The third-order valence-electron chi connectivity index (χ3n) is 3.01. The Kier molecular flexibility index (Phi) is 3.90. The van der Waals surface area contributed by atoms with Gasteiger partial charge in [0.2, 0.25) is 0 Å². The Balaban J connectivity index is 2.54. The van der Waals surface area contributed by atoms with Crippen molar-refractivity contribution in [3.8, 4) is 11.1 Å². The molecule has 0 heterocycles. The molecular formula is C16H18S. The minimum Gasteiger partial charge on any atom is -0.175 e. The average molecular weight is 242 g/mol. The standard InChI is InChI=1S/C16H18S/c1-12(2)16-10-13(11-17)8-9-15(16)14-6-4-3-5-7-14/h3-10,12,17H,11H2,1-2H3. The van der Waals surface area contributed by atoms with Crippen LogP contribution < -0.4 is 0 Å². The lowest BCUT2D eigenvalue weighted by Gasteiger charge is -2.14. The molecule has 17 heavy (non-hydrogen) atoms. The summed E-state index contributed by atoms with van der Waals surface area (Å²) in [7, 11) is 0. The molecule has 0 aliphatic rings. The highest BCUT2D eigenvalue weighted by Crippen LogP contribution is 2.30. The van der Waals surface area contributed by atoms with Gasteiger partial charge in [0.05, 0.1) is 0 Å². The van der Waals surface area contributed by atoms with Crippen LogP contribution >= 0.6 is 12.6 Å². The molecule has 0 aromatic heterocycles. The first-order chi connectivity index (χ1) is 8.22. The van der Waals surface area contributed by atoms with Crippen LogP contribution in [0.1, 0.15) is 30.9 Å². The molecule has 2 aromatic carbocycles. The zero-order chi connectivity index (χ0) is 12.3. The number of rotatable bonds is 3. The fourth-order valence-corrected chi connectivity index (χ4v) is 2.27. The quantitative estimate of drug-likeness (QED) is 0.727. The van der Waals surface area contributed by atoms with Crippen LogP contribution in [0.25, 0.3) is 11.1 Å². The van der Waals surface area contributed by atoms with Gasteiger partial charge in [-0.1, -0.05) is 62.4 Å². The van der Waals surface area contributed by atoms with Gasteiger partial charge >= 0.3 is 0 Å². The fraction of sp³-hybridized carbons (Fsp3) is 0.250. The largest absolute Gasteiger partial charge is 0.175 e. The first kappa shape index (κ1) is 12.3. The summed E-state index contributed by atoms with van der Waals surface area (Å²) >= 11 is 4.35. The molecule has 0 saturated heterocycles. The highest BCUT2D eigenvalue weighted by Gasteiger charge is 2.08. The van der Waals surface area contributed by atoms with Gasteiger partial charge in [0.25, 0.3) is 0 Å². The van der Waals surface area contributed by atoms with Crippen molar-refractivity contribution in [2.45, 2.75) is 25.5 Å². The number of benzene rings is 2. The van der Waals surface area contributed by atoms with Gasteiger partial charge in [-0.05, 0) is 28.2 Å². The Morgan fingerprint density at radius 2 is 1.71 bits per heavy atom. The van der Waals surface area contributed by atoms with Gasteiger partial charge in [0.15, 0.2) is 0 Å². The van der Waals surface area contributed by atoms with Crippen LogP contribution in [0.4, 0.5) is 0 Å². The first-order valence-corrected chi connectivity index (χ1v) is 6.64. The molecule has 0 atom stereocenters. The van der Waals surface area contributed by atoms with Crippen molar-refractivity contribution in [3.63, 3.8) is 0 Å². The monoisotopic (exact) mass is 242 g/mol. The van der Waals surface area contributed by atoms with Gasteiger partial charge in [-0.25, -0.2) is 0 Å². The topological polar surface area (TPSA) is 0 Å². The average Bonchev–Trinajstić information content (AvgIpc) is 2.39. The van der Waals surface area contributed by atoms with E-state index in [1.165, 1.54) is 22.3 Å². The number of hydrogen-bond acceptors (Lipinski definition) is 1. The van der Waals surface area contributed by atoms with E-state index in [1.54, 1.807) is 0 Å². The van der Waals surface area contributed by atoms with Crippen LogP contribution in [0, 0.1) is 0 Å². The van der Waals surface area contributed by atoms with Crippen molar-refractivity contribution in [3.05, 3.63) is 59.7 Å². The molecule has 0 aliphatic carbocycles. The van der Waals surface area contributed by atoms with Crippen LogP contribution in [0.3, 0.4) is 0 Å². The summed E-state index contributed by atoms with van der Waals surface area (Å²) in [4.78, 5) is 0. The Morgan fingerprint density at radius 3 is 2.29 bits per heavy atom. The second-order valence-electron chi connectivity index (χ2n) is 4.60. The van der Waals surface area contributed by atoms with E-state index in [0.29, 0.717) is 5.92 Å². The molecule has 0 nitrogen and oxygen atoms in total. The molecule has 0 amide bonds. The molecule has 1 heteroatoms. The van der Waals surface area contributed by atoms with Gasteiger partial charge in [-0.2, -0.15) is 12.6 Å². The van der Waals surface area contributed by atoms with Gasteiger partial charge in [-0.3, -0.25) is 0 Å². The van der Waals surface area contributed by atoms with Crippen molar-refractivity contribution in [2.24, 2.45) is 0 Å². The maximum Gasteiger partial charge on any atom is 0.0154 e. The minimum absolute atomic E-state index is 0.532. The molecule has 88 valence electrons. The zero-order valence-corrected chi connectivity index (χ0v) is 11.2. The van der Waals surface area contributed by atoms with E-state index in [-0.39, 0.29) is 0 Å². The summed E-state index contributed by atoms with van der Waals surface area (Å²) in [6, 6.07) is 17.2. The van der Waals surface area contributed by atoms with E-state index in [1.807, 2.05) is 0 Å². The molecule has 2 aromatic rings. The normalized spacial score (nSPS) is 10.8. The van der Waals surface area contributed by atoms with E-state index < -0.39 is 0 Å². The summed E-state index contributed by atoms with van der Waals surface area (Å²) < 4.78 is 0. The van der Waals surface area contributed by atoms with Crippen molar-refractivity contribution in [1.82, 2.24) is 0 Å². The number of hydrogen-bond donors (Lipinski definition) is 1. The third-order valence-corrected chi connectivity index (χ3v) is 3.37. The molecule has 0 bridgehead atoms. The predicted octanol–water partition coefficient (Wildman–Crippen LogP) is 4.91. The van der Waals surface area contributed by atoms with E-state index in [0.717, 1.165) is 5.75 Å². The molecule has 0 aliphatic heterocycles. The minimum atomic E-state index is 0.532. The summed E-state index contributed by atoms with van der Waals surface area (Å²) in [5.41, 5.74) is 5.33. The second kappa shape index (κ2) is 5.42. The van der Waals surface area contributed by atoms with E-state index in [4.69, 9.17) is 0 Å². The Labute approximate surface area is 109 Å². The molecule has 2 rings (SSSR count). The van der Waals surface area contributed by atoms with Crippen LogP contribution in [-0.2, 0) is 5.75 Å². The third kappa shape index (κ3) is 2.73. The Morgan fingerprint density at radius 1 is 1.00 bits per heavy atom. The maximum absolute atomic E-state index is 4.35. The van der Waals surface area contributed by atoms with Crippen LogP contribution in [0.2, 0.25) is 0 Å². The molecule has 0 N–H and O–H groups in total. The van der Waals surface area contributed by atoms with E-state index in [2.05, 4.69) is 75.0 Å². The maximum atomic E-state index is 4.35. The molecule has 0 radical (unpaired) electrons. The van der Waals surface area contributed by atoms with Crippen molar-refractivity contribution >= 4 is 12.6 Å². The van der Waals surface area contributed by atoms with Crippen LogP contribution in [0.5, 0.6) is 0 Å². The van der Waals surface area contributed by atoms with Gasteiger partial charge in [0.1, 0.15) is 0 Å². The van der Waals surface area contributed by atoms with Gasteiger partial charge in [0, 0.05) is 5.75 Å². The summed E-state index contributed by atoms with van der Waals surface area (Å²) in [6.45, 7) is 4.48. The SMILES string of the molecule is CC(C)c1cc(CS)ccc1-c1ccccc1. The number of thiol groups is 1. The zero-order valence-electron chi connectivity index (χ0n) is 10.4. The summed E-state index contributed by atoms with van der Waals surface area (Å²) in [5.74, 6) is 1.33. The van der Waals surface area contributed by atoms with Gasteiger partial charge in [-0.15, -0.1) is 0 Å². The van der Waals surface area contributed by atoms with Crippen molar-refractivity contribution in [1.29, 1.82) is 0 Å². The lowest BCUT2D eigenvalue weighted by Crippen LogP contribution is -1.94. The fourth-order valence-electron chi connectivity index (χ4n) is 2.07. The van der Waals surface area contributed by atoms with Crippen molar-refractivity contribution in [2.75, 3.05) is 0 Å². The first-order valence-electron chi connectivity index (χ1n) is 6.01. The molecular weight excluding hydrogens is 224 g/mol. The van der Waals surface area contributed by atoms with E-state index >= 15 is 0 Å². The summed E-state index contributed by atoms with van der Waals surface area (Å²) in [5, 5.41) is 0. The molecule has 0 spiro atoms. The van der Waals surface area contributed by atoms with Crippen LogP contribution in [-0.4, -0.2) is 0 Å². The molecule has 0 fully saturated rings. The second-order valence-corrected chi connectivity index (χ2v) is 4.92. The van der Waals surface area contributed by atoms with Crippen LogP contribution in [0.15, 0.2) is 48.5 Å². The predicted molar refractivity (Wildman–Crippen MR) is 78.7 cm³/mol. The Hall–Kier alpha value is -1.21. The highest BCUT2D eigenvalue weighted by atomic mass is 32.1. The smallest absolute Gasteiger partial charge is 0.0154 e. The van der Waals surface area contributed by atoms with Gasteiger partial charge < -0.3 is 0 Å². The summed E-state index contributed by atoms with van der Waals surface area (Å²) in [6.07, 6.45) is 0. The highest BCUT2D eigenvalue weighted by molar-refractivity contribution is 7.79. The lowest BCUT2D eigenvalue weighted by molar-refractivity contribution is 0.867. The van der Waals surface area contributed by atoms with Crippen molar-refractivity contribution < 1.29 is 0 Å². The lowest BCUT2D eigenvalue weighted by atomic mass is 9.91.